The molecule has 2 aliphatic heterocycles. The van der Waals surface area contributed by atoms with Crippen molar-refractivity contribution in [2.45, 2.75) is 29.5 Å². The number of aromatic nitrogens is 3. The fourth-order valence-electron chi connectivity index (χ4n) is 3.89. The van der Waals surface area contributed by atoms with Gasteiger partial charge in [-0.25, -0.2) is 14.2 Å². The van der Waals surface area contributed by atoms with Crippen LogP contribution in [0.5, 0.6) is 0 Å². The van der Waals surface area contributed by atoms with Gasteiger partial charge in [-0.15, -0.1) is 0 Å². The largest absolute Gasteiger partial charge is 0.376 e. The van der Waals surface area contributed by atoms with E-state index in [-0.39, 0.29) is 24.0 Å². The number of hydrogen-bond donors (Lipinski definition) is 2. The Bertz CT molecular complexity index is 1200. The molecular formula is C21H22FIN6O5S. The van der Waals surface area contributed by atoms with E-state index in [2.05, 4.69) is 25.8 Å². The summed E-state index contributed by atoms with van der Waals surface area (Å²) in [6.07, 6.45) is 0.369. The van der Waals surface area contributed by atoms with E-state index >= 15 is 0 Å². The number of carbonyl (C=O) groups is 1. The fourth-order valence-corrected chi connectivity index (χ4v) is 7.10. The van der Waals surface area contributed by atoms with Crippen LogP contribution >= 0.6 is 32.5 Å². The first kappa shape index (κ1) is 24.1. The van der Waals surface area contributed by atoms with Gasteiger partial charge in [0.15, 0.2) is 30.4 Å². The molecule has 4 heterocycles. The number of carbonyl (C=O) groups excluding carboxylic acids is 1. The third-order valence-electron chi connectivity index (χ3n) is 5.57. The highest BCUT2D eigenvalue weighted by Crippen LogP contribution is 2.46. The maximum atomic E-state index is 13.2. The number of rotatable bonds is 6. The van der Waals surface area contributed by atoms with Crippen molar-refractivity contribution in [3.8, 4) is 11.4 Å². The molecule has 5 rings (SSSR count). The quantitative estimate of drug-likeness (QED) is 0.242. The fraction of sp³-hybridized carbons (Fsp3) is 0.429. The summed E-state index contributed by atoms with van der Waals surface area (Å²) in [5.74, 6) is -0.0398. The van der Waals surface area contributed by atoms with Crippen molar-refractivity contribution in [1.29, 1.82) is 0 Å². The van der Waals surface area contributed by atoms with Crippen molar-refractivity contribution in [3.05, 3.63) is 40.7 Å². The number of hydrogen-bond acceptors (Lipinski definition) is 10. The molecule has 0 radical (unpaired) electrons. The predicted molar refractivity (Wildman–Crippen MR) is 132 cm³/mol. The first-order chi connectivity index (χ1) is 17.0. The van der Waals surface area contributed by atoms with E-state index in [0.717, 1.165) is 10.6 Å². The SMILES string of the molecule is C[C@@H]1Cc2nc(NC(=O)NC[C@H]3COCCO3)sc2[C@H](I=O)N1c1nc(-c2ccc(F)cc2)no1. The topological polar surface area (TPSA) is 132 Å². The number of alkyl halides is 1. The molecule has 186 valence electrons. The third-order valence-corrected chi connectivity index (χ3v) is 8.76. The van der Waals surface area contributed by atoms with Crippen LogP contribution in [-0.2, 0) is 19.0 Å². The Morgan fingerprint density at radius 2 is 2.11 bits per heavy atom. The summed E-state index contributed by atoms with van der Waals surface area (Å²) in [5.41, 5.74) is 1.40. The van der Waals surface area contributed by atoms with E-state index in [0.29, 0.717) is 49.3 Å². The van der Waals surface area contributed by atoms with Crippen LogP contribution in [0.3, 0.4) is 0 Å². The van der Waals surface area contributed by atoms with Crippen LogP contribution in [-0.4, -0.2) is 59.7 Å². The van der Waals surface area contributed by atoms with E-state index in [1.54, 1.807) is 12.1 Å². The number of benzene rings is 1. The smallest absolute Gasteiger partial charge is 0.325 e. The van der Waals surface area contributed by atoms with Gasteiger partial charge in [0.05, 0.1) is 36.5 Å². The summed E-state index contributed by atoms with van der Waals surface area (Å²) >= 11 is -0.282. The molecule has 35 heavy (non-hydrogen) atoms. The van der Waals surface area contributed by atoms with Crippen LogP contribution < -0.4 is 15.5 Å². The third kappa shape index (κ3) is 5.34. The van der Waals surface area contributed by atoms with E-state index in [4.69, 9.17) is 14.0 Å². The summed E-state index contributed by atoms with van der Waals surface area (Å²) in [6.45, 7) is 3.79. The van der Waals surface area contributed by atoms with E-state index in [9.17, 15) is 12.3 Å². The minimum absolute atomic E-state index is 0.116. The minimum Gasteiger partial charge on any atom is -0.376 e. The van der Waals surface area contributed by atoms with Crippen molar-refractivity contribution >= 4 is 49.7 Å². The molecule has 1 aromatic carbocycles. The molecule has 0 aliphatic carbocycles. The number of fused-ring (bicyclic) bond motifs is 1. The first-order valence-electron chi connectivity index (χ1n) is 10.9. The number of halogens is 2. The number of nitrogens with one attached hydrogen (secondary N) is 2. The van der Waals surface area contributed by atoms with Gasteiger partial charge in [-0.05, 0) is 31.2 Å². The summed E-state index contributed by atoms with van der Waals surface area (Å²) in [5, 5.41) is 9.95. The first-order valence-corrected chi connectivity index (χ1v) is 13.8. The van der Waals surface area contributed by atoms with Crippen LogP contribution in [0.15, 0.2) is 28.8 Å². The average Bonchev–Trinajstić information content (AvgIpc) is 3.50. The highest BCUT2D eigenvalue weighted by Gasteiger charge is 2.39. The lowest BCUT2D eigenvalue weighted by molar-refractivity contribution is -0.0852. The second-order valence-electron chi connectivity index (χ2n) is 8.03. The van der Waals surface area contributed by atoms with E-state index in [1.807, 2.05) is 11.8 Å². The van der Waals surface area contributed by atoms with Crippen molar-refractivity contribution < 1.29 is 26.3 Å². The van der Waals surface area contributed by atoms with Gasteiger partial charge >= 0.3 is 12.0 Å². The maximum absolute atomic E-state index is 13.2. The zero-order chi connectivity index (χ0) is 24.4. The van der Waals surface area contributed by atoms with Gasteiger partial charge < -0.3 is 24.2 Å². The van der Waals surface area contributed by atoms with Gasteiger partial charge in [-0.1, -0.05) is 16.5 Å². The zero-order valence-electron chi connectivity index (χ0n) is 18.6. The average molecular weight is 616 g/mol. The molecule has 0 bridgehead atoms. The van der Waals surface area contributed by atoms with Gasteiger partial charge in [0.25, 0.3) is 0 Å². The Morgan fingerprint density at radius 1 is 1.29 bits per heavy atom. The van der Waals surface area contributed by atoms with Gasteiger partial charge in [-0.2, -0.15) is 4.98 Å². The molecular weight excluding hydrogens is 594 g/mol. The standard InChI is InChI=1S/C21H22FIN6O5S/c1-11-8-15-16(35-20(25-15)27-19(30)24-9-14-10-32-6-7-33-14)17(23-31)29(11)21-26-18(28-34-21)12-2-4-13(22)5-3-12/h2-5,11,14,17H,6-10H2,1H3,(H2,24,25,27,30)/t11-,14+,17-/m1/s1. The highest BCUT2D eigenvalue weighted by molar-refractivity contribution is 14.1. The Morgan fingerprint density at radius 3 is 2.86 bits per heavy atom. The molecule has 2 aromatic heterocycles. The van der Waals surface area contributed by atoms with E-state index in [1.165, 1.54) is 23.5 Å². The molecule has 2 N–H and O–H groups in total. The molecule has 0 saturated carbocycles. The number of nitrogens with zero attached hydrogens (tertiary/aromatic N) is 4. The van der Waals surface area contributed by atoms with Gasteiger partial charge in [0, 0.05) is 24.6 Å². The molecule has 3 atom stereocenters. The van der Waals surface area contributed by atoms with Crippen LogP contribution in [0.25, 0.3) is 11.4 Å². The van der Waals surface area contributed by atoms with Crippen LogP contribution in [0, 0.1) is 5.82 Å². The van der Waals surface area contributed by atoms with Gasteiger partial charge in [0.1, 0.15) is 5.82 Å². The van der Waals surface area contributed by atoms with Crippen molar-refractivity contribution in [1.82, 2.24) is 20.4 Å². The predicted octanol–water partition coefficient (Wildman–Crippen LogP) is 3.64. The van der Waals surface area contributed by atoms with Gasteiger partial charge in [0.2, 0.25) is 5.82 Å². The summed E-state index contributed by atoms with van der Waals surface area (Å²) in [4.78, 5) is 24.0. The van der Waals surface area contributed by atoms with Crippen LogP contribution in [0.1, 0.15) is 21.5 Å². The normalized spacial score (nSPS) is 22.0. The van der Waals surface area contributed by atoms with Crippen molar-refractivity contribution in [2.75, 3.05) is 36.6 Å². The molecule has 0 spiro atoms. The second-order valence-corrected chi connectivity index (χ2v) is 10.7. The molecule has 1 fully saturated rings. The molecule has 2 amide bonds. The van der Waals surface area contributed by atoms with Crippen molar-refractivity contribution in [2.24, 2.45) is 0 Å². The lowest BCUT2D eigenvalue weighted by Gasteiger charge is -2.34. The van der Waals surface area contributed by atoms with Gasteiger partial charge in [-0.3, -0.25) is 8.39 Å². The highest BCUT2D eigenvalue weighted by atomic mass is 127. The molecule has 2 aliphatic rings. The Kier molecular flexibility index (Phi) is 7.31. The number of thiazole rings is 1. The summed E-state index contributed by atoms with van der Waals surface area (Å²) < 4.78 is 41.5. The summed E-state index contributed by atoms with van der Waals surface area (Å²) in [6, 6.07) is 5.51. The maximum Gasteiger partial charge on any atom is 0.325 e. The molecule has 0 unspecified atom stereocenters. The molecule has 14 heteroatoms. The number of urea groups is 1. The number of amides is 2. The lowest BCUT2D eigenvalue weighted by Crippen LogP contribution is -2.41. The molecule has 11 nitrogen and oxygen atoms in total. The Labute approximate surface area is 214 Å². The Balaban J connectivity index is 1.30. The number of ether oxygens (including phenoxy) is 2. The van der Waals surface area contributed by atoms with Crippen LogP contribution in [0.2, 0.25) is 0 Å². The lowest BCUT2D eigenvalue weighted by atomic mass is 10.1. The monoisotopic (exact) mass is 616 g/mol. The number of anilines is 2. The Hall–Kier alpha value is -2.56. The summed E-state index contributed by atoms with van der Waals surface area (Å²) in [7, 11) is 0. The minimum atomic E-state index is -1.56. The molecule has 3 aromatic rings. The molecule has 1 saturated heterocycles. The van der Waals surface area contributed by atoms with Crippen molar-refractivity contribution in [3.63, 3.8) is 0 Å². The van der Waals surface area contributed by atoms with E-state index < -0.39 is 31.3 Å². The second kappa shape index (κ2) is 10.6. The zero-order valence-corrected chi connectivity index (χ0v) is 21.5. The van der Waals surface area contributed by atoms with Crippen LogP contribution in [0.4, 0.5) is 20.3 Å².